The first-order valence-electron chi connectivity index (χ1n) is 6.97. The third-order valence-electron chi connectivity index (χ3n) is 4.28. The highest BCUT2D eigenvalue weighted by atomic mass is 35.5. The highest BCUT2D eigenvalue weighted by molar-refractivity contribution is 5.85. The van der Waals surface area contributed by atoms with Gasteiger partial charge in [-0.05, 0) is 43.4 Å². The van der Waals surface area contributed by atoms with Gasteiger partial charge in [0, 0.05) is 24.8 Å². The van der Waals surface area contributed by atoms with Gasteiger partial charge in [-0.3, -0.25) is 4.90 Å². The number of nitrogens with one attached hydrogen (secondary N) is 1. The minimum absolute atomic E-state index is 0. The molecule has 1 atom stereocenters. The standard InChI is InChI=1S/C15H22N2.ClH/c1-2-14-7-4-10-17(14)11-13-6-3-5-12-8-9-16-15(12)13;/h3,5-6,14,16H,2,4,7-11H2,1H3;1H. The summed E-state index contributed by atoms with van der Waals surface area (Å²) in [5.41, 5.74) is 4.43. The van der Waals surface area contributed by atoms with Gasteiger partial charge < -0.3 is 5.32 Å². The van der Waals surface area contributed by atoms with E-state index < -0.39 is 0 Å². The molecule has 2 heterocycles. The van der Waals surface area contributed by atoms with E-state index in [4.69, 9.17) is 0 Å². The summed E-state index contributed by atoms with van der Waals surface area (Å²) in [6.07, 6.45) is 5.25. The summed E-state index contributed by atoms with van der Waals surface area (Å²) in [4.78, 5) is 2.66. The van der Waals surface area contributed by atoms with Crippen LogP contribution in [-0.4, -0.2) is 24.0 Å². The number of hydrogen-bond donors (Lipinski definition) is 1. The van der Waals surface area contributed by atoms with Crippen molar-refractivity contribution < 1.29 is 0 Å². The molecule has 2 nitrogen and oxygen atoms in total. The van der Waals surface area contributed by atoms with Gasteiger partial charge in [0.15, 0.2) is 0 Å². The molecule has 3 heteroatoms. The van der Waals surface area contributed by atoms with Crippen LogP contribution in [-0.2, 0) is 13.0 Å². The van der Waals surface area contributed by atoms with E-state index in [1.54, 1.807) is 0 Å². The topological polar surface area (TPSA) is 15.3 Å². The van der Waals surface area contributed by atoms with E-state index in [1.807, 2.05) is 0 Å². The number of nitrogens with zero attached hydrogens (tertiary/aromatic N) is 1. The molecule has 1 aromatic rings. The zero-order valence-corrected chi connectivity index (χ0v) is 11.9. The first-order chi connectivity index (χ1) is 8.38. The fourth-order valence-electron chi connectivity index (χ4n) is 3.33. The molecule has 1 N–H and O–H groups in total. The van der Waals surface area contributed by atoms with E-state index in [2.05, 4.69) is 35.3 Å². The molecule has 3 rings (SSSR count). The monoisotopic (exact) mass is 266 g/mol. The summed E-state index contributed by atoms with van der Waals surface area (Å²) < 4.78 is 0. The SMILES string of the molecule is CCC1CCCN1Cc1cccc2c1NCC2.Cl. The van der Waals surface area contributed by atoms with E-state index in [1.165, 1.54) is 49.0 Å². The molecule has 0 saturated carbocycles. The second kappa shape index (κ2) is 5.94. The maximum absolute atomic E-state index is 3.55. The molecular weight excluding hydrogens is 244 g/mol. The Kier molecular flexibility index (Phi) is 4.52. The minimum atomic E-state index is 0. The maximum atomic E-state index is 3.55. The number of halogens is 1. The van der Waals surface area contributed by atoms with E-state index in [0.717, 1.165) is 19.1 Å². The molecule has 0 aliphatic carbocycles. The van der Waals surface area contributed by atoms with Crippen LogP contribution in [0.1, 0.15) is 37.3 Å². The number of para-hydroxylation sites is 1. The normalized spacial score (nSPS) is 22.4. The number of likely N-dealkylation sites (tertiary alicyclic amines) is 1. The first kappa shape index (κ1) is 13.7. The van der Waals surface area contributed by atoms with Crippen molar-refractivity contribution in [2.75, 3.05) is 18.4 Å². The van der Waals surface area contributed by atoms with Gasteiger partial charge in [0.25, 0.3) is 0 Å². The van der Waals surface area contributed by atoms with Crippen LogP contribution in [0, 0.1) is 0 Å². The van der Waals surface area contributed by atoms with Gasteiger partial charge >= 0.3 is 0 Å². The van der Waals surface area contributed by atoms with Gasteiger partial charge in [0.05, 0.1) is 0 Å². The fraction of sp³-hybridized carbons (Fsp3) is 0.600. The summed E-state index contributed by atoms with van der Waals surface area (Å²) in [5.74, 6) is 0. The molecule has 1 saturated heterocycles. The number of rotatable bonds is 3. The molecule has 1 fully saturated rings. The highest BCUT2D eigenvalue weighted by Crippen LogP contribution is 2.30. The van der Waals surface area contributed by atoms with Crippen LogP contribution in [0.15, 0.2) is 18.2 Å². The molecular formula is C15H23ClN2. The number of benzene rings is 1. The number of hydrogen-bond acceptors (Lipinski definition) is 2. The second-order valence-electron chi connectivity index (χ2n) is 5.30. The van der Waals surface area contributed by atoms with E-state index in [9.17, 15) is 0 Å². The molecule has 0 bridgehead atoms. The first-order valence-corrected chi connectivity index (χ1v) is 6.97. The van der Waals surface area contributed by atoms with E-state index >= 15 is 0 Å². The predicted octanol–water partition coefficient (Wildman–Crippen LogP) is 3.45. The quantitative estimate of drug-likeness (QED) is 0.902. The highest BCUT2D eigenvalue weighted by Gasteiger charge is 2.24. The van der Waals surface area contributed by atoms with Gasteiger partial charge in [-0.25, -0.2) is 0 Å². The molecule has 0 spiro atoms. The zero-order chi connectivity index (χ0) is 11.7. The average Bonchev–Trinajstić information content (AvgIpc) is 2.97. The third kappa shape index (κ3) is 2.50. The van der Waals surface area contributed by atoms with Crippen molar-refractivity contribution in [2.45, 2.75) is 45.2 Å². The smallest absolute Gasteiger partial charge is 0.0419 e. The summed E-state index contributed by atoms with van der Waals surface area (Å²) in [6.45, 7) is 5.84. The van der Waals surface area contributed by atoms with E-state index in [0.29, 0.717) is 0 Å². The van der Waals surface area contributed by atoms with Crippen LogP contribution in [0.2, 0.25) is 0 Å². The van der Waals surface area contributed by atoms with Crippen molar-refractivity contribution in [3.63, 3.8) is 0 Å². The predicted molar refractivity (Wildman–Crippen MR) is 79.6 cm³/mol. The Morgan fingerprint density at radius 1 is 1.39 bits per heavy atom. The Morgan fingerprint density at radius 2 is 2.28 bits per heavy atom. The lowest BCUT2D eigenvalue weighted by Gasteiger charge is -2.24. The molecule has 2 aliphatic heterocycles. The molecule has 0 amide bonds. The maximum Gasteiger partial charge on any atom is 0.0419 e. The van der Waals surface area contributed by atoms with Crippen LogP contribution in [0.5, 0.6) is 0 Å². The van der Waals surface area contributed by atoms with Crippen LogP contribution in [0.3, 0.4) is 0 Å². The van der Waals surface area contributed by atoms with Gasteiger partial charge in [-0.15, -0.1) is 12.4 Å². The Hall–Kier alpha value is -0.730. The lowest BCUT2D eigenvalue weighted by Crippen LogP contribution is -2.28. The number of anilines is 1. The zero-order valence-electron chi connectivity index (χ0n) is 11.1. The van der Waals surface area contributed by atoms with Crippen molar-refractivity contribution >= 4 is 18.1 Å². The Labute approximate surface area is 116 Å². The van der Waals surface area contributed by atoms with Crippen LogP contribution in [0.25, 0.3) is 0 Å². The third-order valence-corrected chi connectivity index (χ3v) is 4.28. The molecule has 18 heavy (non-hydrogen) atoms. The molecule has 0 aromatic heterocycles. The van der Waals surface area contributed by atoms with Crippen molar-refractivity contribution in [3.8, 4) is 0 Å². The van der Waals surface area contributed by atoms with Crippen LogP contribution >= 0.6 is 12.4 Å². The Morgan fingerprint density at radius 3 is 3.11 bits per heavy atom. The molecule has 1 aromatic carbocycles. The number of fused-ring (bicyclic) bond motifs is 1. The van der Waals surface area contributed by atoms with E-state index in [-0.39, 0.29) is 12.4 Å². The van der Waals surface area contributed by atoms with Crippen molar-refractivity contribution in [1.82, 2.24) is 4.90 Å². The van der Waals surface area contributed by atoms with Crippen molar-refractivity contribution in [3.05, 3.63) is 29.3 Å². The summed E-state index contributed by atoms with van der Waals surface area (Å²) >= 11 is 0. The lowest BCUT2D eigenvalue weighted by molar-refractivity contribution is 0.240. The van der Waals surface area contributed by atoms with Crippen molar-refractivity contribution in [1.29, 1.82) is 0 Å². The Bertz CT molecular complexity index is 405. The van der Waals surface area contributed by atoms with Crippen LogP contribution in [0.4, 0.5) is 5.69 Å². The molecule has 100 valence electrons. The van der Waals surface area contributed by atoms with Crippen molar-refractivity contribution in [2.24, 2.45) is 0 Å². The molecule has 0 radical (unpaired) electrons. The summed E-state index contributed by atoms with van der Waals surface area (Å²) in [5, 5.41) is 3.55. The average molecular weight is 267 g/mol. The molecule has 1 unspecified atom stereocenters. The van der Waals surface area contributed by atoms with Crippen LogP contribution < -0.4 is 5.32 Å². The fourth-order valence-corrected chi connectivity index (χ4v) is 3.33. The molecule has 2 aliphatic rings. The van der Waals surface area contributed by atoms with Gasteiger partial charge in [0.2, 0.25) is 0 Å². The minimum Gasteiger partial charge on any atom is -0.384 e. The lowest BCUT2D eigenvalue weighted by atomic mass is 10.1. The second-order valence-corrected chi connectivity index (χ2v) is 5.30. The summed E-state index contributed by atoms with van der Waals surface area (Å²) in [7, 11) is 0. The Balaban J connectivity index is 0.00000120. The largest absolute Gasteiger partial charge is 0.384 e. The van der Waals surface area contributed by atoms with Gasteiger partial charge in [-0.2, -0.15) is 0 Å². The van der Waals surface area contributed by atoms with Gasteiger partial charge in [0.1, 0.15) is 0 Å². The summed E-state index contributed by atoms with van der Waals surface area (Å²) in [6, 6.07) is 7.59. The van der Waals surface area contributed by atoms with Gasteiger partial charge in [-0.1, -0.05) is 25.1 Å².